The first-order chi connectivity index (χ1) is 13.1. The van der Waals surface area contributed by atoms with Crippen LogP contribution < -0.4 is 5.32 Å². The first-order valence-electron chi connectivity index (χ1n) is 8.65. The number of fused-ring (bicyclic) bond motifs is 1. The molecule has 3 aromatic rings. The zero-order chi connectivity index (χ0) is 18.8. The second-order valence-electron chi connectivity index (χ2n) is 6.37. The number of thiocarbonyl (C=S) groups is 1. The lowest BCUT2D eigenvalue weighted by atomic mass is 10.0. The van der Waals surface area contributed by atoms with E-state index in [1.165, 1.54) is 23.4 Å². The summed E-state index contributed by atoms with van der Waals surface area (Å²) in [5.74, 6) is 0. The van der Waals surface area contributed by atoms with Crippen LogP contribution in [0.4, 0.5) is 11.4 Å². The fourth-order valence-electron chi connectivity index (χ4n) is 3.45. The zero-order valence-electron chi connectivity index (χ0n) is 14.5. The molecule has 0 bridgehead atoms. The molecule has 0 radical (unpaired) electrons. The fourth-order valence-corrected chi connectivity index (χ4v) is 3.76. The Kier molecular flexibility index (Phi) is 4.60. The highest BCUT2D eigenvalue weighted by molar-refractivity contribution is 7.80. The number of hydrogen-bond acceptors (Lipinski definition) is 3. The number of nitro groups is 1. The van der Waals surface area contributed by atoms with Crippen LogP contribution >= 0.6 is 12.2 Å². The predicted molar refractivity (Wildman–Crippen MR) is 109 cm³/mol. The molecule has 0 fully saturated rings. The monoisotopic (exact) mass is 378 g/mol. The number of rotatable bonds is 3. The summed E-state index contributed by atoms with van der Waals surface area (Å²) < 4.78 is 2.25. The summed E-state index contributed by atoms with van der Waals surface area (Å²) in [7, 11) is 0. The molecule has 1 aliphatic heterocycles. The van der Waals surface area contributed by atoms with Gasteiger partial charge in [0, 0.05) is 42.8 Å². The Bertz CT molecular complexity index is 969. The summed E-state index contributed by atoms with van der Waals surface area (Å²) in [4.78, 5) is 12.6. The predicted octanol–water partition coefficient (Wildman–Crippen LogP) is 4.20. The van der Waals surface area contributed by atoms with Crippen molar-refractivity contribution < 1.29 is 4.92 Å². The molecule has 2 heterocycles. The first kappa shape index (κ1) is 17.2. The van der Waals surface area contributed by atoms with E-state index in [-0.39, 0.29) is 11.7 Å². The third-order valence-electron chi connectivity index (χ3n) is 4.74. The Morgan fingerprint density at radius 2 is 1.78 bits per heavy atom. The van der Waals surface area contributed by atoms with Gasteiger partial charge in [0.15, 0.2) is 5.11 Å². The van der Waals surface area contributed by atoms with Crippen molar-refractivity contribution >= 4 is 28.7 Å². The summed E-state index contributed by atoms with van der Waals surface area (Å²) in [6, 6.07) is 20.8. The molecule has 0 saturated carbocycles. The van der Waals surface area contributed by atoms with E-state index in [4.69, 9.17) is 12.2 Å². The van der Waals surface area contributed by atoms with Crippen LogP contribution in [0.1, 0.15) is 17.3 Å². The number of benzene rings is 2. The van der Waals surface area contributed by atoms with Gasteiger partial charge < -0.3 is 14.8 Å². The quantitative estimate of drug-likeness (QED) is 0.420. The van der Waals surface area contributed by atoms with Gasteiger partial charge in [0.2, 0.25) is 0 Å². The first-order valence-corrected chi connectivity index (χ1v) is 9.06. The topological polar surface area (TPSA) is 63.3 Å². The van der Waals surface area contributed by atoms with E-state index in [1.807, 2.05) is 18.2 Å². The third kappa shape index (κ3) is 3.41. The van der Waals surface area contributed by atoms with Gasteiger partial charge in [0.25, 0.3) is 5.69 Å². The molecule has 136 valence electrons. The SMILES string of the molecule is O=[N+]([O-])c1ccc(NC(=S)N2CCn3cccc3[C@@H]2c2ccccc2)cc1. The summed E-state index contributed by atoms with van der Waals surface area (Å²) in [6.45, 7) is 1.63. The normalized spacial score (nSPS) is 15.9. The molecular weight excluding hydrogens is 360 g/mol. The molecule has 0 spiro atoms. The molecule has 1 atom stereocenters. The highest BCUT2D eigenvalue weighted by Crippen LogP contribution is 2.33. The molecule has 1 aromatic heterocycles. The van der Waals surface area contributed by atoms with Gasteiger partial charge in [-0.15, -0.1) is 0 Å². The van der Waals surface area contributed by atoms with Crippen molar-refractivity contribution in [3.63, 3.8) is 0 Å². The Morgan fingerprint density at radius 3 is 2.48 bits per heavy atom. The van der Waals surface area contributed by atoms with Crippen LogP contribution in [-0.4, -0.2) is 26.0 Å². The van der Waals surface area contributed by atoms with Crippen molar-refractivity contribution in [2.45, 2.75) is 12.6 Å². The Labute approximate surface area is 162 Å². The number of nitrogens with one attached hydrogen (secondary N) is 1. The van der Waals surface area contributed by atoms with Crippen molar-refractivity contribution in [3.05, 3.63) is 94.3 Å². The largest absolute Gasteiger partial charge is 0.348 e. The Hall–Kier alpha value is -3.19. The number of aromatic nitrogens is 1. The van der Waals surface area contributed by atoms with Crippen molar-refractivity contribution in [2.75, 3.05) is 11.9 Å². The van der Waals surface area contributed by atoms with Crippen LogP contribution in [0.2, 0.25) is 0 Å². The minimum absolute atomic E-state index is 0.0213. The van der Waals surface area contributed by atoms with Gasteiger partial charge in [-0.3, -0.25) is 10.1 Å². The van der Waals surface area contributed by atoms with E-state index in [0.29, 0.717) is 5.11 Å². The smallest absolute Gasteiger partial charge is 0.269 e. The maximum atomic E-state index is 10.8. The third-order valence-corrected chi connectivity index (χ3v) is 5.08. The molecule has 6 nitrogen and oxygen atoms in total. The van der Waals surface area contributed by atoms with E-state index >= 15 is 0 Å². The second-order valence-corrected chi connectivity index (χ2v) is 6.75. The van der Waals surface area contributed by atoms with Crippen LogP contribution in [0.25, 0.3) is 0 Å². The molecule has 4 rings (SSSR count). The molecule has 2 aromatic carbocycles. The van der Waals surface area contributed by atoms with Crippen molar-refractivity contribution in [2.24, 2.45) is 0 Å². The maximum Gasteiger partial charge on any atom is 0.269 e. The summed E-state index contributed by atoms with van der Waals surface area (Å²) in [5.41, 5.74) is 3.16. The Morgan fingerprint density at radius 1 is 1.04 bits per heavy atom. The lowest BCUT2D eigenvalue weighted by Crippen LogP contribution is -2.44. The van der Waals surface area contributed by atoms with Crippen molar-refractivity contribution in [1.82, 2.24) is 9.47 Å². The van der Waals surface area contributed by atoms with Crippen LogP contribution in [0.3, 0.4) is 0 Å². The highest BCUT2D eigenvalue weighted by Gasteiger charge is 2.30. The second kappa shape index (κ2) is 7.20. The average molecular weight is 378 g/mol. The van der Waals surface area contributed by atoms with E-state index in [9.17, 15) is 10.1 Å². The molecule has 7 heteroatoms. The Balaban J connectivity index is 1.61. The van der Waals surface area contributed by atoms with Gasteiger partial charge in [-0.2, -0.15) is 0 Å². The number of nitro benzene ring substituents is 1. The van der Waals surface area contributed by atoms with E-state index < -0.39 is 4.92 Å². The number of hydrogen-bond donors (Lipinski definition) is 1. The highest BCUT2D eigenvalue weighted by atomic mass is 32.1. The minimum atomic E-state index is -0.410. The van der Waals surface area contributed by atoms with Crippen molar-refractivity contribution in [3.8, 4) is 0 Å². The van der Waals surface area contributed by atoms with E-state index in [2.05, 4.69) is 45.2 Å². The fraction of sp³-hybridized carbons (Fsp3) is 0.150. The number of anilines is 1. The van der Waals surface area contributed by atoms with Crippen LogP contribution in [0, 0.1) is 10.1 Å². The molecule has 0 aliphatic carbocycles. The number of non-ortho nitro benzene ring substituents is 1. The van der Waals surface area contributed by atoms with E-state index in [0.717, 1.165) is 18.8 Å². The standard InChI is InChI=1S/C20H18N4O2S/c25-24(26)17-10-8-16(9-11-17)21-20(27)23-14-13-22-12-4-7-18(22)19(23)15-5-2-1-3-6-15/h1-12,19H,13-14H2,(H,21,27)/t19-/m0/s1. The zero-order valence-corrected chi connectivity index (χ0v) is 15.3. The van der Waals surface area contributed by atoms with Crippen LogP contribution in [0.15, 0.2) is 72.9 Å². The van der Waals surface area contributed by atoms with Crippen molar-refractivity contribution in [1.29, 1.82) is 0 Å². The molecule has 0 saturated heterocycles. The van der Waals surface area contributed by atoms with Gasteiger partial charge in [0.1, 0.15) is 0 Å². The maximum absolute atomic E-state index is 10.8. The van der Waals surface area contributed by atoms with Crippen LogP contribution in [0.5, 0.6) is 0 Å². The van der Waals surface area contributed by atoms with Gasteiger partial charge in [-0.1, -0.05) is 30.3 Å². The van der Waals surface area contributed by atoms with Gasteiger partial charge in [0.05, 0.1) is 11.0 Å². The van der Waals surface area contributed by atoms with Gasteiger partial charge >= 0.3 is 0 Å². The van der Waals surface area contributed by atoms with E-state index in [1.54, 1.807) is 12.1 Å². The average Bonchev–Trinajstić information content (AvgIpc) is 3.17. The molecular formula is C20H18N4O2S. The van der Waals surface area contributed by atoms with Crippen LogP contribution in [-0.2, 0) is 6.54 Å². The summed E-state index contributed by atoms with van der Waals surface area (Å²) >= 11 is 5.69. The lowest BCUT2D eigenvalue weighted by molar-refractivity contribution is -0.384. The molecule has 0 amide bonds. The van der Waals surface area contributed by atoms with Gasteiger partial charge in [-0.25, -0.2) is 0 Å². The van der Waals surface area contributed by atoms with Gasteiger partial charge in [-0.05, 0) is 42.0 Å². The minimum Gasteiger partial charge on any atom is -0.348 e. The molecule has 1 N–H and O–H groups in total. The lowest BCUT2D eigenvalue weighted by Gasteiger charge is -2.39. The molecule has 27 heavy (non-hydrogen) atoms. The molecule has 1 aliphatic rings. The summed E-state index contributed by atoms with van der Waals surface area (Å²) in [6.07, 6.45) is 2.09. The molecule has 0 unspecified atom stereocenters. The summed E-state index contributed by atoms with van der Waals surface area (Å²) in [5, 5.41) is 14.6. The number of nitrogens with zero attached hydrogens (tertiary/aromatic N) is 3.